The third-order valence-corrected chi connectivity index (χ3v) is 9.70. The fourth-order valence-electron chi connectivity index (χ4n) is 5.15. The summed E-state index contributed by atoms with van der Waals surface area (Å²) < 4.78 is 35.4. The zero-order valence-electron chi connectivity index (χ0n) is 27.4. The Morgan fingerprint density at radius 1 is 0.851 bits per heavy atom. The van der Waals surface area contributed by atoms with Gasteiger partial charge in [0, 0.05) is 24.5 Å². The predicted octanol–water partition coefficient (Wildman–Crippen LogP) is 6.57. The van der Waals surface area contributed by atoms with Gasteiger partial charge in [0.15, 0.2) is 0 Å². The molecule has 4 rings (SSSR count). The average molecular weight is 676 g/mol. The van der Waals surface area contributed by atoms with Crippen molar-refractivity contribution >= 4 is 39.1 Å². The maximum Gasteiger partial charge on any atom is 0.264 e. The highest BCUT2D eigenvalue weighted by molar-refractivity contribution is 7.92. The van der Waals surface area contributed by atoms with Crippen LogP contribution in [0.2, 0.25) is 5.02 Å². The first kappa shape index (κ1) is 35.5. The number of anilines is 1. The number of halogens is 1. The lowest BCUT2D eigenvalue weighted by molar-refractivity contribution is -0.140. The number of nitrogens with one attached hydrogen (secondary N) is 1. The third kappa shape index (κ3) is 9.36. The minimum Gasteiger partial charge on any atom is -0.495 e. The van der Waals surface area contributed by atoms with Crippen molar-refractivity contribution in [3.63, 3.8) is 0 Å². The fourth-order valence-corrected chi connectivity index (χ4v) is 6.78. The van der Waals surface area contributed by atoms with Crippen molar-refractivity contribution in [1.29, 1.82) is 0 Å². The number of hydrogen-bond acceptors (Lipinski definition) is 5. The second-order valence-corrected chi connectivity index (χ2v) is 14.3. The van der Waals surface area contributed by atoms with Crippen molar-refractivity contribution < 1.29 is 22.7 Å². The number of aryl methyl sites for hydroxylation is 2. The Hall–Kier alpha value is -4.34. The zero-order chi connectivity index (χ0) is 34.1. The van der Waals surface area contributed by atoms with Crippen LogP contribution in [0.1, 0.15) is 36.1 Å². The van der Waals surface area contributed by atoms with Gasteiger partial charge < -0.3 is 15.0 Å². The van der Waals surface area contributed by atoms with Crippen LogP contribution in [-0.4, -0.2) is 51.4 Å². The Labute approximate surface area is 283 Å². The van der Waals surface area contributed by atoms with Crippen LogP contribution < -0.4 is 14.4 Å². The summed E-state index contributed by atoms with van der Waals surface area (Å²) in [5, 5.41) is 3.47. The summed E-state index contributed by atoms with van der Waals surface area (Å²) in [6.45, 7) is 7.54. The molecule has 10 heteroatoms. The number of rotatable bonds is 14. The number of methoxy groups -OCH3 is 1. The number of amides is 2. The van der Waals surface area contributed by atoms with Gasteiger partial charge in [-0.05, 0) is 72.9 Å². The van der Waals surface area contributed by atoms with Crippen LogP contribution in [0.3, 0.4) is 0 Å². The van der Waals surface area contributed by atoms with E-state index in [0.717, 1.165) is 21.0 Å². The molecule has 0 aliphatic rings. The van der Waals surface area contributed by atoms with E-state index < -0.39 is 28.5 Å². The molecule has 8 nitrogen and oxygen atoms in total. The summed E-state index contributed by atoms with van der Waals surface area (Å²) in [6.07, 6.45) is 0.218. The molecule has 4 aromatic carbocycles. The lowest BCUT2D eigenvalue weighted by Crippen LogP contribution is -2.53. The fraction of sp³-hybridized carbons (Fsp3) is 0.297. The van der Waals surface area contributed by atoms with Gasteiger partial charge in [-0.2, -0.15) is 0 Å². The summed E-state index contributed by atoms with van der Waals surface area (Å²) in [5.41, 5.74) is 3.44. The van der Waals surface area contributed by atoms with Crippen molar-refractivity contribution in [2.75, 3.05) is 24.5 Å². The molecule has 248 valence electrons. The molecule has 1 N–H and O–H groups in total. The van der Waals surface area contributed by atoms with E-state index in [1.807, 2.05) is 64.1 Å². The van der Waals surface area contributed by atoms with Crippen LogP contribution in [0.15, 0.2) is 102 Å². The molecule has 2 amide bonds. The summed E-state index contributed by atoms with van der Waals surface area (Å²) >= 11 is 6.33. The molecule has 0 aliphatic heterocycles. The van der Waals surface area contributed by atoms with E-state index in [1.54, 1.807) is 48.5 Å². The van der Waals surface area contributed by atoms with E-state index >= 15 is 0 Å². The number of ether oxygens (including phenoxy) is 1. The highest BCUT2D eigenvalue weighted by atomic mass is 35.5. The van der Waals surface area contributed by atoms with Crippen molar-refractivity contribution in [1.82, 2.24) is 10.2 Å². The van der Waals surface area contributed by atoms with Crippen molar-refractivity contribution in [2.24, 2.45) is 5.92 Å². The van der Waals surface area contributed by atoms with E-state index in [0.29, 0.717) is 17.1 Å². The molecule has 1 atom stereocenters. The molecule has 0 saturated heterocycles. The summed E-state index contributed by atoms with van der Waals surface area (Å²) in [6, 6.07) is 27.2. The van der Waals surface area contributed by atoms with Gasteiger partial charge in [0.05, 0.1) is 17.7 Å². The molecule has 0 aromatic heterocycles. The van der Waals surface area contributed by atoms with Crippen molar-refractivity contribution in [2.45, 2.75) is 51.6 Å². The van der Waals surface area contributed by atoms with E-state index in [2.05, 4.69) is 5.32 Å². The monoisotopic (exact) mass is 675 g/mol. The van der Waals surface area contributed by atoms with Gasteiger partial charge in [0.2, 0.25) is 11.8 Å². The lowest BCUT2D eigenvalue weighted by atomic mass is 10.0. The summed E-state index contributed by atoms with van der Waals surface area (Å²) in [5.74, 6) is -0.433. The Bertz CT molecular complexity index is 1780. The number of carbonyl (C=O) groups excluding carboxylic acids is 2. The first-order valence-corrected chi connectivity index (χ1v) is 17.3. The molecule has 0 radical (unpaired) electrons. The van der Waals surface area contributed by atoms with Gasteiger partial charge in [0.25, 0.3) is 10.0 Å². The van der Waals surface area contributed by atoms with Gasteiger partial charge >= 0.3 is 0 Å². The van der Waals surface area contributed by atoms with Crippen molar-refractivity contribution in [3.05, 3.63) is 124 Å². The molecule has 0 aliphatic carbocycles. The number of nitrogens with zero attached hydrogens (tertiary/aromatic N) is 2. The standard InChI is InChI=1S/C37H42ClN3O5S/c1-26(2)23-39-37(43)34(22-29-10-7-6-8-11-29)40(24-30-12-9-13-31(38)21-30)36(42)25-41(33-20-28(4)16-19-35(33)46-5)47(44,45)32-17-14-27(3)15-18-32/h6-21,26,34H,22-25H2,1-5H3,(H,39,43)/t34-/m0/s1. The molecule has 0 bridgehead atoms. The maximum atomic E-state index is 14.7. The average Bonchev–Trinajstić information content (AvgIpc) is 3.04. The summed E-state index contributed by atoms with van der Waals surface area (Å²) in [4.78, 5) is 30.1. The minimum absolute atomic E-state index is 0.0232. The molecule has 0 saturated carbocycles. The van der Waals surface area contributed by atoms with Crippen LogP contribution in [0, 0.1) is 19.8 Å². The molecule has 0 unspecified atom stereocenters. The SMILES string of the molecule is COc1ccc(C)cc1N(CC(=O)N(Cc1cccc(Cl)c1)[C@@H](Cc1ccccc1)C(=O)NCC(C)C)S(=O)(=O)c1ccc(C)cc1. The molecular formula is C37H42ClN3O5S. The van der Waals surface area contributed by atoms with Crippen molar-refractivity contribution in [3.8, 4) is 5.75 Å². The van der Waals surface area contributed by atoms with E-state index in [9.17, 15) is 18.0 Å². The van der Waals surface area contributed by atoms with Gasteiger partial charge in [-0.3, -0.25) is 13.9 Å². The van der Waals surface area contributed by atoms with Crippen LogP contribution >= 0.6 is 11.6 Å². The normalized spacial score (nSPS) is 12.0. The molecule has 47 heavy (non-hydrogen) atoms. The van der Waals surface area contributed by atoms with Crippen LogP contribution in [0.25, 0.3) is 0 Å². The van der Waals surface area contributed by atoms with Gasteiger partial charge in [0.1, 0.15) is 18.3 Å². The van der Waals surface area contributed by atoms with E-state index in [-0.39, 0.29) is 41.1 Å². The Morgan fingerprint density at radius 2 is 1.51 bits per heavy atom. The second kappa shape index (κ2) is 16.0. The van der Waals surface area contributed by atoms with E-state index in [1.165, 1.54) is 24.1 Å². The molecule has 4 aromatic rings. The van der Waals surface area contributed by atoms with E-state index in [4.69, 9.17) is 16.3 Å². The second-order valence-electron chi connectivity index (χ2n) is 12.0. The number of hydrogen-bond donors (Lipinski definition) is 1. The maximum absolute atomic E-state index is 14.7. The highest BCUT2D eigenvalue weighted by Crippen LogP contribution is 2.34. The number of sulfonamides is 1. The van der Waals surface area contributed by atoms with Crippen LogP contribution in [0.5, 0.6) is 5.75 Å². The smallest absolute Gasteiger partial charge is 0.264 e. The van der Waals surface area contributed by atoms with Crippen LogP contribution in [0.4, 0.5) is 5.69 Å². The van der Waals surface area contributed by atoms with Gasteiger partial charge in [-0.25, -0.2) is 8.42 Å². The van der Waals surface area contributed by atoms with Gasteiger partial charge in [-0.1, -0.05) is 91.7 Å². The Morgan fingerprint density at radius 3 is 2.15 bits per heavy atom. The summed E-state index contributed by atoms with van der Waals surface area (Å²) in [7, 11) is -2.82. The number of carbonyl (C=O) groups is 2. The highest BCUT2D eigenvalue weighted by Gasteiger charge is 2.35. The Kier molecular flexibility index (Phi) is 12.1. The molecule has 0 heterocycles. The first-order valence-electron chi connectivity index (χ1n) is 15.5. The third-order valence-electron chi connectivity index (χ3n) is 7.69. The largest absolute Gasteiger partial charge is 0.495 e. The predicted molar refractivity (Wildman–Crippen MR) is 187 cm³/mol. The molecule has 0 spiro atoms. The van der Waals surface area contributed by atoms with Crippen LogP contribution in [-0.2, 0) is 32.6 Å². The Balaban J connectivity index is 1.85. The first-order chi connectivity index (χ1) is 22.4. The molecule has 0 fully saturated rings. The zero-order valence-corrected chi connectivity index (χ0v) is 29.0. The van der Waals surface area contributed by atoms with Gasteiger partial charge in [-0.15, -0.1) is 0 Å². The number of benzene rings is 4. The lowest BCUT2D eigenvalue weighted by Gasteiger charge is -2.34. The quantitative estimate of drug-likeness (QED) is 0.163. The minimum atomic E-state index is -4.27. The topological polar surface area (TPSA) is 96.0 Å². The molecular weight excluding hydrogens is 634 g/mol.